The third-order valence-corrected chi connectivity index (χ3v) is 6.09. The van der Waals surface area contributed by atoms with Gasteiger partial charge in [0.2, 0.25) is 5.82 Å². The summed E-state index contributed by atoms with van der Waals surface area (Å²) in [6.07, 6.45) is 6.08. The van der Waals surface area contributed by atoms with Crippen LogP contribution in [0, 0.1) is 29.9 Å². The zero-order valence-electron chi connectivity index (χ0n) is 18.5. The van der Waals surface area contributed by atoms with Crippen LogP contribution in [-0.2, 0) is 11.8 Å². The highest BCUT2D eigenvalue weighted by Crippen LogP contribution is 2.37. The van der Waals surface area contributed by atoms with Gasteiger partial charge in [0, 0.05) is 43.1 Å². The largest absolute Gasteiger partial charge is 0.373 e. The average Bonchev–Trinajstić information content (AvgIpc) is 3.28. The van der Waals surface area contributed by atoms with Crippen molar-refractivity contribution < 1.29 is 13.5 Å². The number of rotatable bonds is 3. The molecule has 0 bridgehead atoms. The molecule has 5 rings (SSSR count). The van der Waals surface area contributed by atoms with Crippen LogP contribution in [0.4, 0.5) is 8.78 Å². The van der Waals surface area contributed by atoms with E-state index in [2.05, 4.69) is 10.1 Å². The summed E-state index contributed by atoms with van der Waals surface area (Å²) in [6, 6.07) is 5.88. The molecule has 2 atom stereocenters. The topological polar surface area (TPSA) is 98.1 Å². The third kappa shape index (κ3) is 3.74. The Kier molecular flexibility index (Phi) is 5.42. The number of nitriles is 1. The van der Waals surface area contributed by atoms with Crippen LogP contribution in [0.15, 0.2) is 41.6 Å². The fourth-order valence-electron chi connectivity index (χ4n) is 4.30. The molecule has 0 saturated carbocycles. The van der Waals surface area contributed by atoms with Gasteiger partial charge < -0.3 is 4.74 Å². The van der Waals surface area contributed by atoms with E-state index in [9.17, 15) is 13.6 Å². The number of hydrogen-bond acceptors (Lipinski definition) is 6. The lowest BCUT2D eigenvalue weighted by Gasteiger charge is -2.29. The Labute approximate surface area is 193 Å². The number of nitrogens with zero attached hydrogens (tertiary/aromatic N) is 6. The van der Waals surface area contributed by atoms with Crippen molar-refractivity contribution in [2.24, 2.45) is 7.05 Å². The minimum Gasteiger partial charge on any atom is -0.373 e. The molecule has 10 heteroatoms. The molecule has 4 heterocycles. The first kappa shape index (κ1) is 21.9. The summed E-state index contributed by atoms with van der Waals surface area (Å²) in [5, 5.41) is 13.3. The van der Waals surface area contributed by atoms with Crippen LogP contribution in [-0.4, -0.2) is 30.8 Å². The molecule has 1 aliphatic heterocycles. The van der Waals surface area contributed by atoms with Crippen LogP contribution in [0.1, 0.15) is 47.4 Å². The van der Waals surface area contributed by atoms with Gasteiger partial charge in [-0.05, 0) is 38.0 Å². The van der Waals surface area contributed by atoms with Crippen molar-refractivity contribution in [2.75, 3.05) is 6.61 Å². The van der Waals surface area contributed by atoms with E-state index in [1.54, 1.807) is 10.9 Å². The summed E-state index contributed by atoms with van der Waals surface area (Å²) in [4.78, 5) is 21.7. The molecule has 0 spiro atoms. The molecule has 0 amide bonds. The van der Waals surface area contributed by atoms with Gasteiger partial charge in [-0.1, -0.05) is 0 Å². The van der Waals surface area contributed by atoms with Crippen LogP contribution < -0.4 is 5.56 Å². The van der Waals surface area contributed by atoms with Gasteiger partial charge in [-0.15, -0.1) is 0 Å². The van der Waals surface area contributed by atoms with Crippen LogP contribution in [0.5, 0.6) is 0 Å². The van der Waals surface area contributed by atoms with Crippen LogP contribution >= 0.6 is 0 Å². The minimum atomic E-state index is -0.971. The Hall–Kier alpha value is -3.97. The number of fused-ring (bicyclic) bond motifs is 1. The molecule has 172 valence electrons. The van der Waals surface area contributed by atoms with Gasteiger partial charge in [0.25, 0.3) is 5.56 Å². The maximum Gasteiger partial charge on any atom is 0.294 e. The number of halogens is 2. The van der Waals surface area contributed by atoms with Crippen LogP contribution in [0.2, 0.25) is 0 Å². The summed E-state index contributed by atoms with van der Waals surface area (Å²) < 4.78 is 38.2. The van der Waals surface area contributed by atoms with Crippen LogP contribution in [0.3, 0.4) is 0 Å². The highest BCUT2D eigenvalue weighted by atomic mass is 19.1. The normalized spacial score (nSPS) is 18.2. The molecule has 1 aromatic carbocycles. The fraction of sp³-hybridized carbons (Fsp3) is 0.292. The lowest BCUT2D eigenvalue weighted by Crippen LogP contribution is -2.24. The Balaban J connectivity index is 1.67. The summed E-state index contributed by atoms with van der Waals surface area (Å²) in [6.45, 7) is 1.83. The van der Waals surface area contributed by atoms with Crippen molar-refractivity contribution in [3.8, 4) is 17.3 Å². The van der Waals surface area contributed by atoms with Gasteiger partial charge >= 0.3 is 0 Å². The average molecular weight is 462 g/mol. The molecule has 0 unspecified atom stereocenters. The Bertz CT molecular complexity index is 1520. The second-order valence-corrected chi connectivity index (χ2v) is 8.36. The van der Waals surface area contributed by atoms with Gasteiger partial charge in [-0.2, -0.15) is 14.8 Å². The van der Waals surface area contributed by atoms with Gasteiger partial charge in [0.05, 0.1) is 35.3 Å². The number of aromatic nitrogens is 5. The summed E-state index contributed by atoms with van der Waals surface area (Å²) >= 11 is 0. The molecule has 3 aromatic heterocycles. The predicted octanol–water partition coefficient (Wildman–Crippen LogP) is 3.58. The van der Waals surface area contributed by atoms with Crippen molar-refractivity contribution in [1.82, 2.24) is 24.1 Å². The third-order valence-electron chi connectivity index (χ3n) is 6.09. The number of benzene rings is 1. The van der Waals surface area contributed by atoms with Crippen molar-refractivity contribution in [2.45, 2.75) is 31.8 Å². The zero-order valence-corrected chi connectivity index (χ0v) is 18.5. The molecule has 0 N–H and O–H groups in total. The van der Waals surface area contributed by atoms with Crippen molar-refractivity contribution >= 4 is 5.65 Å². The number of aryl methyl sites for hydroxylation is 2. The quantitative estimate of drug-likeness (QED) is 0.462. The van der Waals surface area contributed by atoms with E-state index in [0.717, 1.165) is 16.0 Å². The molecule has 1 saturated heterocycles. The first-order valence-corrected chi connectivity index (χ1v) is 10.7. The Morgan fingerprint density at radius 3 is 2.76 bits per heavy atom. The second-order valence-electron chi connectivity index (χ2n) is 8.36. The number of ether oxygens (including phenoxy) is 1. The van der Waals surface area contributed by atoms with Crippen LogP contribution in [0.25, 0.3) is 16.9 Å². The van der Waals surface area contributed by atoms with E-state index in [1.165, 1.54) is 25.3 Å². The Morgan fingerprint density at radius 1 is 1.24 bits per heavy atom. The van der Waals surface area contributed by atoms with Crippen molar-refractivity contribution in [1.29, 1.82) is 5.26 Å². The molecule has 34 heavy (non-hydrogen) atoms. The van der Waals surface area contributed by atoms with Gasteiger partial charge in [0.1, 0.15) is 11.5 Å². The molecule has 1 fully saturated rings. The van der Waals surface area contributed by atoms with E-state index in [0.29, 0.717) is 25.1 Å². The fourth-order valence-corrected chi connectivity index (χ4v) is 4.30. The monoisotopic (exact) mass is 462 g/mol. The molecule has 0 aliphatic carbocycles. The smallest absolute Gasteiger partial charge is 0.294 e. The lowest BCUT2D eigenvalue weighted by molar-refractivity contribution is 0.00455. The zero-order chi connectivity index (χ0) is 24.0. The van der Waals surface area contributed by atoms with Gasteiger partial charge in [0.15, 0.2) is 5.65 Å². The van der Waals surface area contributed by atoms with Gasteiger partial charge in [-0.25, -0.2) is 14.4 Å². The lowest BCUT2D eigenvalue weighted by atomic mass is 9.90. The van der Waals surface area contributed by atoms with E-state index >= 15 is 0 Å². The summed E-state index contributed by atoms with van der Waals surface area (Å²) in [5.41, 5.74) is 0.846. The number of hydrogen-bond donors (Lipinski definition) is 0. The maximum atomic E-state index is 15.0. The summed E-state index contributed by atoms with van der Waals surface area (Å²) in [5.74, 6) is -1.78. The first-order chi connectivity index (χ1) is 16.4. The van der Waals surface area contributed by atoms with E-state index in [4.69, 9.17) is 15.0 Å². The first-order valence-electron chi connectivity index (χ1n) is 10.7. The van der Waals surface area contributed by atoms with Gasteiger partial charge in [-0.3, -0.25) is 13.9 Å². The molecular formula is C24H20F2N6O2. The highest BCUT2D eigenvalue weighted by molar-refractivity contribution is 5.74. The van der Waals surface area contributed by atoms with Crippen molar-refractivity contribution in [3.05, 3.63) is 81.3 Å². The van der Waals surface area contributed by atoms with Crippen molar-refractivity contribution in [3.63, 3.8) is 0 Å². The van der Waals surface area contributed by atoms with E-state index in [-0.39, 0.29) is 40.2 Å². The van der Waals surface area contributed by atoms with E-state index in [1.807, 2.05) is 19.3 Å². The SMILES string of the molecule is Cc1nc2c(-c3ccc(C#N)cc3F)nc([C@H]3CCO[C@@H](c4cnn(C)c4)C3)cn2c(=O)c1F. The highest BCUT2D eigenvalue weighted by Gasteiger charge is 2.29. The molecule has 8 nitrogen and oxygen atoms in total. The standard InChI is InChI=1S/C24H20F2N6O2/c1-13-21(26)24(33)32-12-19(15-5-6-34-20(8-15)16-10-28-31(2)11-16)30-22(23(32)29-13)17-4-3-14(9-27)7-18(17)25/h3-4,7,10-12,15,20H,5-6,8H2,1-2H3/t15-,20+/m0/s1. The summed E-state index contributed by atoms with van der Waals surface area (Å²) in [7, 11) is 1.82. The minimum absolute atomic E-state index is 0.0483. The molecule has 4 aromatic rings. The molecule has 0 radical (unpaired) electrons. The Morgan fingerprint density at radius 2 is 2.06 bits per heavy atom. The predicted molar refractivity (Wildman–Crippen MR) is 118 cm³/mol. The molecule has 1 aliphatic rings. The molecular weight excluding hydrogens is 442 g/mol. The maximum absolute atomic E-state index is 15.0. The van der Waals surface area contributed by atoms with E-state index < -0.39 is 17.2 Å². The second kappa shape index (κ2) is 8.43.